The van der Waals surface area contributed by atoms with Crippen LogP contribution < -0.4 is 0 Å². The Bertz CT molecular complexity index is 442. The first-order chi connectivity index (χ1) is 7.63. The van der Waals surface area contributed by atoms with Crippen molar-refractivity contribution < 1.29 is 0 Å². The predicted molar refractivity (Wildman–Crippen MR) is 70.2 cm³/mol. The molecule has 0 N–H and O–H groups in total. The number of nitrogens with zero attached hydrogens (tertiary/aromatic N) is 3. The van der Waals surface area contributed by atoms with E-state index in [-0.39, 0.29) is 10.8 Å². The summed E-state index contributed by atoms with van der Waals surface area (Å²) in [6.45, 7) is 19.9. The highest BCUT2D eigenvalue weighted by atomic mass is 14.9. The van der Waals surface area contributed by atoms with Crippen LogP contribution in [0.3, 0.4) is 0 Å². The van der Waals surface area contributed by atoms with Gasteiger partial charge in [0, 0.05) is 11.6 Å². The Balaban J connectivity index is 3.22. The predicted octanol–water partition coefficient (Wildman–Crippen LogP) is 3.91. The Kier molecular flexibility index (Phi) is 3.56. The third-order valence-electron chi connectivity index (χ3n) is 2.33. The lowest BCUT2D eigenvalue weighted by Crippen LogP contribution is -2.18. The highest BCUT2D eigenvalue weighted by Gasteiger charge is 2.21. The zero-order valence-electron chi connectivity index (χ0n) is 11.6. The lowest BCUT2D eigenvalue weighted by molar-refractivity contribution is 0.404. The lowest BCUT2D eigenvalue weighted by Gasteiger charge is -2.21. The molecule has 0 saturated heterocycles. The molecule has 0 aliphatic heterocycles. The highest BCUT2D eigenvalue weighted by molar-refractivity contribution is 5.47. The number of hydrogen-bond acceptors (Lipinski definition) is 2. The molecular formula is C14H21N3. The number of hydrogen-bond donors (Lipinski definition) is 0. The zero-order valence-corrected chi connectivity index (χ0v) is 11.6. The van der Waals surface area contributed by atoms with Gasteiger partial charge < -0.3 is 0 Å². The van der Waals surface area contributed by atoms with E-state index in [0.29, 0.717) is 5.69 Å². The van der Waals surface area contributed by atoms with Crippen LogP contribution in [0.1, 0.15) is 53.1 Å². The molecule has 3 heteroatoms. The van der Waals surface area contributed by atoms with Gasteiger partial charge in [0.2, 0.25) is 5.69 Å². The van der Waals surface area contributed by atoms with Gasteiger partial charge in [-0.15, -0.1) is 0 Å². The smallest absolute Gasteiger partial charge is 0.226 e. The van der Waals surface area contributed by atoms with Crippen LogP contribution in [-0.2, 0) is 11.8 Å². The van der Waals surface area contributed by atoms with Gasteiger partial charge in [-0.2, -0.15) is 0 Å². The molecule has 0 saturated carbocycles. The van der Waals surface area contributed by atoms with E-state index in [1.54, 1.807) is 6.20 Å². The minimum atomic E-state index is -0.0762. The van der Waals surface area contributed by atoms with Crippen molar-refractivity contribution in [2.24, 2.45) is 5.41 Å². The topological polar surface area (TPSA) is 30.1 Å². The van der Waals surface area contributed by atoms with Crippen LogP contribution in [0, 0.1) is 12.0 Å². The van der Waals surface area contributed by atoms with Crippen LogP contribution in [0.4, 0.5) is 5.69 Å². The molecule has 1 aromatic rings. The molecule has 17 heavy (non-hydrogen) atoms. The third-order valence-corrected chi connectivity index (χ3v) is 2.33. The van der Waals surface area contributed by atoms with E-state index in [1.807, 2.05) is 0 Å². The normalized spacial score (nSPS) is 12.3. The molecule has 0 aromatic carbocycles. The Morgan fingerprint density at radius 1 is 1.18 bits per heavy atom. The second-order valence-electron chi connectivity index (χ2n) is 6.62. The van der Waals surface area contributed by atoms with E-state index in [1.165, 1.54) is 0 Å². The molecule has 0 atom stereocenters. The van der Waals surface area contributed by atoms with E-state index in [4.69, 9.17) is 6.57 Å². The Morgan fingerprint density at radius 3 is 2.18 bits per heavy atom. The molecule has 0 aliphatic carbocycles. The zero-order chi connectivity index (χ0) is 13.3. The Hall–Kier alpha value is -1.43. The van der Waals surface area contributed by atoms with Gasteiger partial charge in [0.1, 0.15) is 5.82 Å². The van der Waals surface area contributed by atoms with Crippen molar-refractivity contribution in [2.45, 2.75) is 53.4 Å². The minimum absolute atomic E-state index is 0.0762. The van der Waals surface area contributed by atoms with Crippen molar-refractivity contribution in [1.29, 1.82) is 0 Å². The van der Waals surface area contributed by atoms with Gasteiger partial charge in [0.15, 0.2) is 0 Å². The molecule has 0 fully saturated rings. The second kappa shape index (κ2) is 4.44. The maximum atomic E-state index is 7.16. The van der Waals surface area contributed by atoms with Crippen molar-refractivity contribution >= 4 is 5.69 Å². The fraction of sp³-hybridized carbons (Fsp3) is 0.643. The van der Waals surface area contributed by atoms with Crippen molar-refractivity contribution in [3.05, 3.63) is 29.1 Å². The average molecular weight is 231 g/mol. The van der Waals surface area contributed by atoms with E-state index in [2.05, 4.69) is 56.4 Å². The van der Waals surface area contributed by atoms with Crippen LogP contribution in [0.5, 0.6) is 0 Å². The van der Waals surface area contributed by atoms with Gasteiger partial charge >= 0.3 is 0 Å². The molecule has 1 heterocycles. The van der Waals surface area contributed by atoms with Crippen molar-refractivity contribution in [3.8, 4) is 0 Å². The van der Waals surface area contributed by atoms with E-state index in [9.17, 15) is 0 Å². The quantitative estimate of drug-likeness (QED) is 0.686. The van der Waals surface area contributed by atoms with Gasteiger partial charge in [-0.3, -0.25) is 4.98 Å². The molecule has 0 bridgehead atoms. The summed E-state index contributed by atoms with van der Waals surface area (Å²) in [4.78, 5) is 12.4. The summed E-state index contributed by atoms with van der Waals surface area (Å²) in [6, 6.07) is 0. The summed E-state index contributed by atoms with van der Waals surface area (Å²) in [7, 11) is 0. The van der Waals surface area contributed by atoms with Gasteiger partial charge in [-0.1, -0.05) is 41.5 Å². The van der Waals surface area contributed by atoms with E-state index < -0.39 is 0 Å². The molecule has 0 radical (unpaired) electrons. The van der Waals surface area contributed by atoms with Gasteiger partial charge in [-0.25, -0.2) is 9.83 Å². The summed E-state index contributed by atoms with van der Waals surface area (Å²) in [5, 5.41) is 0. The molecule has 0 spiro atoms. The molecule has 3 nitrogen and oxygen atoms in total. The fourth-order valence-corrected chi connectivity index (χ4v) is 1.50. The highest BCUT2D eigenvalue weighted by Crippen LogP contribution is 2.28. The molecular weight excluding hydrogens is 210 g/mol. The SMILES string of the molecule is [C-]#[N+]c1cnc(C(C)(C)C)nc1CC(C)(C)C. The maximum absolute atomic E-state index is 7.16. The van der Waals surface area contributed by atoms with Crippen molar-refractivity contribution in [3.63, 3.8) is 0 Å². The Labute approximate surface area is 104 Å². The summed E-state index contributed by atoms with van der Waals surface area (Å²) < 4.78 is 0. The van der Waals surface area contributed by atoms with Gasteiger partial charge in [-0.05, 0) is 11.8 Å². The lowest BCUT2D eigenvalue weighted by atomic mass is 9.89. The van der Waals surface area contributed by atoms with Gasteiger partial charge in [0.05, 0.1) is 12.3 Å². The minimum Gasteiger partial charge on any atom is -0.252 e. The molecule has 1 rings (SSSR count). The molecule has 92 valence electrons. The van der Waals surface area contributed by atoms with Crippen molar-refractivity contribution in [1.82, 2.24) is 9.97 Å². The fourth-order valence-electron chi connectivity index (χ4n) is 1.50. The molecule has 1 aromatic heterocycles. The summed E-state index contributed by atoms with van der Waals surface area (Å²) in [6.07, 6.45) is 2.46. The summed E-state index contributed by atoms with van der Waals surface area (Å²) in [5.41, 5.74) is 1.50. The van der Waals surface area contributed by atoms with E-state index >= 15 is 0 Å². The van der Waals surface area contributed by atoms with E-state index in [0.717, 1.165) is 17.9 Å². The molecule has 0 amide bonds. The Morgan fingerprint density at radius 2 is 1.76 bits per heavy atom. The molecule has 0 aliphatic rings. The largest absolute Gasteiger partial charge is 0.252 e. The maximum Gasteiger partial charge on any atom is 0.226 e. The first-order valence-corrected chi connectivity index (χ1v) is 5.87. The van der Waals surface area contributed by atoms with Crippen LogP contribution in [-0.4, -0.2) is 9.97 Å². The number of aromatic nitrogens is 2. The van der Waals surface area contributed by atoms with Crippen LogP contribution in [0.15, 0.2) is 6.20 Å². The second-order valence-corrected chi connectivity index (χ2v) is 6.62. The first-order valence-electron chi connectivity index (χ1n) is 5.87. The third kappa shape index (κ3) is 3.81. The summed E-state index contributed by atoms with van der Waals surface area (Å²) in [5.74, 6) is 0.809. The summed E-state index contributed by atoms with van der Waals surface area (Å²) >= 11 is 0. The van der Waals surface area contributed by atoms with Crippen LogP contribution in [0.25, 0.3) is 4.85 Å². The monoisotopic (exact) mass is 231 g/mol. The van der Waals surface area contributed by atoms with Crippen LogP contribution in [0.2, 0.25) is 0 Å². The van der Waals surface area contributed by atoms with Crippen molar-refractivity contribution in [2.75, 3.05) is 0 Å². The van der Waals surface area contributed by atoms with Crippen LogP contribution >= 0.6 is 0 Å². The average Bonchev–Trinajstić information content (AvgIpc) is 2.13. The van der Waals surface area contributed by atoms with Gasteiger partial charge in [0.25, 0.3) is 0 Å². The standard InChI is InChI=1S/C14H21N3/c1-13(2,3)8-10-11(15-7)9-16-12(17-10)14(4,5)6/h9H,8H2,1-6H3. The molecule has 0 unspecified atom stereocenters. The first kappa shape index (κ1) is 13.6. The number of rotatable bonds is 1.